The second-order valence-corrected chi connectivity index (χ2v) is 4.59. The Morgan fingerprint density at radius 2 is 2.35 bits per heavy atom. The van der Waals surface area contributed by atoms with Crippen LogP contribution in [-0.2, 0) is 20.8 Å². The molecule has 0 aliphatic heterocycles. The van der Waals surface area contributed by atoms with Gasteiger partial charge in [0.1, 0.15) is 0 Å². The number of hydrogen-bond donors (Lipinski definition) is 1. The summed E-state index contributed by atoms with van der Waals surface area (Å²) >= 11 is 1.42. The van der Waals surface area contributed by atoms with Crippen molar-refractivity contribution in [2.75, 3.05) is 39.6 Å². The van der Waals surface area contributed by atoms with E-state index in [1.54, 1.807) is 13.3 Å². The molecule has 1 rings (SSSR count). The van der Waals surface area contributed by atoms with Gasteiger partial charge in [-0.3, -0.25) is 9.69 Å². The minimum absolute atomic E-state index is 0.234. The molecular formula is C10H17N3O3S. The third-order valence-electron chi connectivity index (χ3n) is 2.14. The van der Waals surface area contributed by atoms with E-state index >= 15 is 0 Å². The number of rotatable bonds is 7. The topological polar surface area (TPSA) is 77.7 Å². The van der Waals surface area contributed by atoms with Crippen LogP contribution in [0.3, 0.4) is 0 Å². The molecule has 0 saturated heterocycles. The van der Waals surface area contributed by atoms with Crippen LogP contribution in [0.5, 0.6) is 0 Å². The predicted molar refractivity (Wildman–Crippen MR) is 65.7 cm³/mol. The van der Waals surface area contributed by atoms with Crippen molar-refractivity contribution in [1.29, 1.82) is 0 Å². The van der Waals surface area contributed by atoms with Gasteiger partial charge < -0.3 is 15.2 Å². The van der Waals surface area contributed by atoms with Gasteiger partial charge >= 0.3 is 5.97 Å². The van der Waals surface area contributed by atoms with Gasteiger partial charge in [0.2, 0.25) is 0 Å². The first-order chi connectivity index (χ1) is 8.15. The van der Waals surface area contributed by atoms with Crippen molar-refractivity contribution < 1.29 is 14.3 Å². The molecule has 0 unspecified atom stereocenters. The first-order valence-corrected chi connectivity index (χ1v) is 5.95. The molecular weight excluding hydrogens is 242 g/mol. The van der Waals surface area contributed by atoms with Gasteiger partial charge in [0, 0.05) is 31.3 Å². The lowest BCUT2D eigenvalue weighted by Gasteiger charge is -2.19. The molecule has 0 atom stereocenters. The molecule has 96 valence electrons. The number of methoxy groups -OCH3 is 2. The van der Waals surface area contributed by atoms with Crippen LogP contribution >= 0.6 is 11.3 Å². The first-order valence-electron chi connectivity index (χ1n) is 5.14. The minimum atomic E-state index is -0.265. The lowest BCUT2D eigenvalue weighted by Crippen LogP contribution is -2.32. The van der Waals surface area contributed by atoms with Crippen molar-refractivity contribution >= 4 is 22.4 Å². The van der Waals surface area contributed by atoms with Gasteiger partial charge in [0.15, 0.2) is 5.13 Å². The van der Waals surface area contributed by atoms with Gasteiger partial charge in [0.05, 0.1) is 20.3 Å². The zero-order chi connectivity index (χ0) is 12.7. The highest BCUT2D eigenvalue weighted by atomic mass is 32.1. The normalized spacial score (nSPS) is 10.8. The molecule has 17 heavy (non-hydrogen) atoms. The van der Waals surface area contributed by atoms with E-state index in [9.17, 15) is 4.79 Å². The number of aromatic nitrogens is 1. The zero-order valence-electron chi connectivity index (χ0n) is 10.0. The van der Waals surface area contributed by atoms with E-state index in [1.807, 2.05) is 4.90 Å². The monoisotopic (exact) mass is 259 g/mol. The Morgan fingerprint density at radius 3 is 2.88 bits per heavy atom. The average Bonchev–Trinajstić information content (AvgIpc) is 2.71. The number of thiazole rings is 1. The van der Waals surface area contributed by atoms with Crippen LogP contribution in [0, 0.1) is 0 Å². The number of ether oxygens (including phenoxy) is 2. The second-order valence-electron chi connectivity index (χ2n) is 3.44. The van der Waals surface area contributed by atoms with Crippen LogP contribution in [0.4, 0.5) is 5.13 Å². The number of anilines is 1. The minimum Gasteiger partial charge on any atom is -0.468 e. The van der Waals surface area contributed by atoms with Gasteiger partial charge in [-0.05, 0) is 0 Å². The van der Waals surface area contributed by atoms with Crippen molar-refractivity contribution in [2.24, 2.45) is 0 Å². The van der Waals surface area contributed by atoms with E-state index in [2.05, 4.69) is 9.72 Å². The molecule has 7 heteroatoms. The summed E-state index contributed by atoms with van der Waals surface area (Å²) in [6.07, 6.45) is 1.72. The molecule has 0 bridgehead atoms. The number of esters is 1. The molecule has 0 amide bonds. The van der Waals surface area contributed by atoms with Gasteiger partial charge in [0.25, 0.3) is 0 Å². The molecule has 0 radical (unpaired) electrons. The fourth-order valence-electron chi connectivity index (χ4n) is 1.30. The van der Waals surface area contributed by atoms with Crippen LogP contribution in [0.25, 0.3) is 0 Å². The summed E-state index contributed by atoms with van der Waals surface area (Å²) in [6.45, 7) is 2.07. The van der Waals surface area contributed by atoms with Gasteiger partial charge in [-0.15, -0.1) is 11.3 Å². The molecule has 0 spiro atoms. The van der Waals surface area contributed by atoms with Gasteiger partial charge in [-0.2, -0.15) is 0 Å². The van der Waals surface area contributed by atoms with E-state index in [4.69, 9.17) is 10.5 Å². The molecule has 6 nitrogen and oxygen atoms in total. The third kappa shape index (κ3) is 5.12. The number of hydrogen-bond acceptors (Lipinski definition) is 7. The van der Waals surface area contributed by atoms with E-state index in [0.717, 1.165) is 4.88 Å². The lowest BCUT2D eigenvalue weighted by molar-refractivity contribution is -0.142. The Hall–Kier alpha value is -1.18. The molecule has 1 aromatic rings. The smallest absolute Gasteiger partial charge is 0.319 e. The quantitative estimate of drug-likeness (QED) is 0.712. The summed E-state index contributed by atoms with van der Waals surface area (Å²) in [5.41, 5.74) is 5.55. The van der Waals surface area contributed by atoms with Crippen molar-refractivity contribution in [2.45, 2.75) is 6.54 Å². The average molecular weight is 259 g/mol. The number of nitrogen functional groups attached to an aromatic ring is 1. The van der Waals surface area contributed by atoms with Crippen LogP contribution in [0.2, 0.25) is 0 Å². The number of nitrogens with zero attached hydrogens (tertiary/aromatic N) is 2. The van der Waals surface area contributed by atoms with E-state index in [1.165, 1.54) is 18.4 Å². The third-order valence-corrected chi connectivity index (χ3v) is 2.95. The lowest BCUT2D eigenvalue weighted by atomic mass is 10.4. The Balaban J connectivity index is 2.53. The Bertz CT molecular complexity index is 356. The largest absolute Gasteiger partial charge is 0.468 e. The van der Waals surface area contributed by atoms with E-state index in [0.29, 0.717) is 24.8 Å². The van der Waals surface area contributed by atoms with Crippen LogP contribution in [0.15, 0.2) is 6.20 Å². The molecule has 0 saturated carbocycles. The first kappa shape index (κ1) is 13.9. The highest BCUT2D eigenvalue weighted by Gasteiger charge is 2.12. The fourth-order valence-corrected chi connectivity index (χ4v) is 2.02. The van der Waals surface area contributed by atoms with Crippen molar-refractivity contribution in [3.05, 3.63) is 11.1 Å². The maximum absolute atomic E-state index is 11.2. The van der Waals surface area contributed by atoms with Crippen molar-refractivity contribution in [3.63, 3.8) is 0 Å². The molecule has 1 aromatic heterocycles. The Morgan fingerprint density at radius 1 is 1.59 bits per heavy atom. The van der Waals surface area contributed by atoms with Gasteiger partial charge in [-0.25, -0.2) is 4.98 Å². The SMILES string of the molecule is COCCN(CC(=O)OC)Cc1cnc(N)s1. The molecule has 1 heterocycles. The van der Waals surface area contributed by atoms with E-state index in [-0.39, 0.29) is 12.5 Å². The van der Waals surface area contributed by atoms with Gasteiger partial charge in [-0.1, -0.05) is 0 Å². The zero-order valence-corrected chi connectivity index (χ0v) is 10.8. The number of carbonyl (C=O) groups excluding carboxylic acids is 1. The van der Waals surface area contributed by atoms with Crippen LogP contribution in [-0.4, -0.2) is 49.8 Å². The number of nitrogens with two attached hydrogens (primary N) is 1. The van der Waals surface area contributed by atoms with Crippen molar-refractivity contribution in [1.82, 2.24) is 9.88 Å². The summed E-state index contributed by atoms with van der Waals surface area (Å²) in [5, 5.41) is 0.532. The maximum atomic E-state index is 11.2. The summed E-state index contributed by atoms with van der Waals surface area (Å²) in [4.78, 5) is 18.2. The fraction of sp³-hybridized carbons (Fsp3) is 0.600. The second kappa shape index (κ2) is 7.21. The maximum Gasteiger partial charge on any atom is 0.319 e. The predicted octanol–water partition coefficient (Wildman–Crippen LogP) is 0.347. The molecule has 0 aliphatic rings. The highest BCUT2D eigenvalue weighted by Crippen LogP contribution is 2.16. The molecule has 0 fully saturated rings. The summed E-state index contributed by atoms with van der Waals surface area (Å²) in [6, 6.07) is 0. The molecule has 0 aromatic carbocycles. The van der Waals surface area contributed by atoms with Crippen LogP contribution in [0.1, 0.15) is 4.88 Å². The highest BCUT2D eigenvalue weighted by molar-refractivity contribution is 7.15. The number of carbonyl (C=O) groups is 1. The Labute approximate surface area is 104 Å². The Kier molecular flexibility index (Phi) is 5.88. The summed E-state index contributed by atoms with van der Waals surface area (Å²) < 4.78 is 9.64. The standard InChI is InChI=1S/C10H17N3O3S/c1-15-4-3-13(7-9(14)16-2)6-8-5-12-10(11)17-8/h5H,3-4,6-7H2,1-2H3,(H2,11,12). The summed E-state index contributed by atoms with van der Waals surface area (Å²) in [7, 11) is 3.00. The summed E-state index contributed by atoms with van der Waals surface area (Å²) in [5.74, 6) is -0.265. The van der Waals surface area contributed by atoms with E-state index < -0.39 is 0 Å². The van der Waals surface area contributed by atoms with Crippen molar-refractivity contribution in [3.8, 4) is 0 Å². The molecule has 0 aliphatic carbocycles. The van der Waals surface area contributed by atoms with Crippen LogP contribution < -0.4 is 5.73 Å². The molecule has 2 N–H and O–H groups in total.